The minimum atomic E-state index is -0.210. The monoisotopic (exact) mass is 242 g/mol. The standard InChI is InChI=1S/C9H18N6S/c1-9(2,7(10)11)5-4-6-16-8-12-13-14-15(8)3/h4-6H2,1-3H3,(H3,10,11). The molecule has 0 saturated heterocycles. The van der Waals surface area contributed by atoms with E-state index < -0.39 is 0 Å². The number of hydrogen-bond donors (Lipinski definition) is 2. The van der Waals surface area contributed by atoms with Gasteiger partial charge in [-0.3, -0.25) is 5.41 Å². The minimum Gasteiger partial charge on any atom is -0.387 e. The lowest BCUT2D eigenvalue weighted by Crippen LogP contribution is -2.30. The molecule has 0 unspecified atom stereocenters. The number of nitrogens with zero attached hydrogens (tertiary/aromatic N) is 4. The smallest absolute Gasteiger partial charge is 0.209 e. The Morgan fingerprint density at radius 3 is 2.75 bits per heavy atom. The Labute approximate surface area is 99.5 Å². The molecular formula is C9H18N6S. The van der Waals surface area contributed by atoms with E-state index in [4.69, 9.17) is 11.1 Å². The van der Waals surface area contributed by atoms with Crippen molar-refractivity contribution in [3.8, 4) is 0 Å². The summed E-state index contributed by atoms with van der Waals surface area (Å²) in [4.78, 5) is 0. The van der Waals surface area contributed by atoms with Crippen LogP contribution in [0.3, 0.4) is 0 Å². The number of aryl methyl sites for hydroxylation is 1. The molecule has 0 fully saturated rings. The molecule has 0 saturated carbocycles. The van der Waals surface area contributed by atoms with Gasteiger partial charge in [-0.15, -0.1) is 5.10 Å². The summed E-state index contributed by atoms with van der Waals surface area (Å²) in [7, 11) is 1.82. The topological polar surface area (TPSA) is 93.5 Å². The van der Waals surface area contributed by atoms with Gasteiger partial charge >= 0.3 is 0 Å². The fraction of sp³-hybridized carbons (Fsp3) is 0.778. The highest BCUT2D eigenvalue weighted by molar-refractivity contribution is 7.99. The third-order valence-corrected chi connectivity index (χ3v) is 3.58. The normalized spacial score (nSPS) is 11.7. The van der Waals surface area contributed by atoms with E-state index >= 15 is 0 Å². The van der Waals surface area contributed by atoms with Crippen LogP contribution in [0, 0.1) is 10.8 Å². The van der Waals surface area contributed by atoms with Crippen molar-refractivity contribution in [2.45, 2.75) is 31.8 Å². The zero-order valence-electron chi connectivity index (χ0n) is 9.90. The minimum absolute atomic E-state index is 0.210. The maximum absolute atomic E-state index is 7.44. The SMILES string of the molecule is Cn1nnnc1SCCCC(C)(C)C(=N)N. The molecule has 0 atom stereocenters. The summed E-state index contributed by atoms with van der Waals surface area (Å²) in [5.41, 5.74) is 5.30. The van der Waals surface area contributed by atoms with Gasteiger partial charge in [0.25, 0.3) is 0 Å². The average Bonchev–Trinajstić information content (AvgIpc) is 2.59. The number of tetrazole rings is 1. The largest absolute Gasteiger partial charge is 0.387 e. The van der Waals surface area contributed by atoms with E-state index in [0.29, 0.717) is 0 Å². The molecule has 0 spiro atoms. The van der Waals surface area contributed by atoms with Crippen molar-refractivity contribution in [3.63, 3.8) is 0 Å². The van der Waals surface area contributed by atoms with Gasteiger partial charge < -0.3 is 5.73 Å². The summed E-state index contributed by atoms with van der Waals surface area (Å²) in [6.07, 6.45) is 1.89. The number of amidine groups is 1. The summed E-state index contributed by atoms with van der Waals surface area (Å²) < 4.78 is 1.65. The number of rotatable bonds is 6. The first-order valence-electron chi connectivity index (χ1n) is 5.13. The van der Waals surface area contributed by atoms with Crippen LogP contribution in [0.2, 0.25) is 0 Å². The molecule has 1 aromatic heterocycles. The van der Waals surface area contributed by atoms with Gasteiger partial charge in [-0.25, -0.2) is 4.68 Å². The number of aromatic nitrogens is 4. The van der Waals surface area contributed by atoms with Gasteiger partial charge in [0.15, 0.2) is 0 Å². The molecule has 7 heteroatoms. The van der Waals surface area contributed by atoms with Crippen LogP contribution in [0.25, 0.3) is 0 Å². The van der Waals surface area contributed by atoms with E-state index in [0.717, 1.165) is 23.8 Å². The molecular weight excluding hydrogens is 224 g/mol. The van der Waals surface area contributed by atoms with Gasteiger partial charge in [-0.2, -0.15) is 0 Å². The van der Waals surface area contributed by atoms with Crippen LogP contribution in [0.4, 0.5) is 0 Å². The van der Waals surface area contributed by atoms with Crippen molar-refractivity contribution in [3.05, 3.63) is 0 Å². The molecule has 1 rings (SSSR count). The van der Waals surface area contributed by atoms with Gasteiger partial charge in [0, 0.05) is 18.2 Å². The van der Waals surface area contributed by atoms with Crippen LogP contribution in [0.15, 0.2) is 5.16 Å². The first-order chi connectivity index (χ1) is 7.43. The van der Waals surface area contributed by atoms with E-state index in [1.165, 1.54) is 0 Å². The van der Waals surface area contributed by atoms with E-state index in [2.05, 4.69) is 15.5 Å². The lowest BCUT2D eigenvalue weighted by Gasteiger charge is -2.22. The van der Waals surface area contributed by atoms with Gasteiger partial charge in [0.05, 0.1) is 5.84 Å². The Morgan fingerprint density at radius 1 is 1.56 bits per heavy atom. The van der Waals surface area contributed by atoms with Crippen molar-refractivity contribution in [2.75, 3.05) is 5.75 Å². The zero-order chi connectivity index (χ0) is 12.2. The summed E-state index contributed by atoms with van der Waals surface area (Å²) in [6, 6.07) is 0. The van der Waals surface area contributed by atoms with Gasteiger partial charge in [-0.1, -0.05) is 25.6 Å². The van der Waals surface area contributed by atoms with Gasteiger partial charge in [0.2, 0.25) is 5.16 Å². The van der Waals surface area contributed by atoms with Crippen LogP contribution >= 0.6 is 11.8 Å². The van der Waals surface area contributed by atoms with Crippen molar-refractivity contribution in [1.29, 1.82) is 5.41 Å². The van der Waals surface area contributed by atoms with Crippen molar-refractivity contribution in [2.24, 2.45) is 18.2 Å². The number of thioether (sulfide) groups is 1. The van der Waals surface area contributed by atoms with E-state index in [1.807, 2.05) is 20.9 Å². The summed E-state index contributed by atoms with van der Waals surface area (Å²) >= 11 is 1.62. The summed E-state index contributed by atoms with van der Waals surface area (Å²) in [5, 5.41) is 19.5. The molecule has 6 nitrogen and oxygen atoms in total. The van der Waals surface area contributed by atoms with E-state index in [1.54, 1.807) is 16.4 Å². The number of nitrogens with two attached hydrogens (primary N) is 1. The van der Waals surface area contributed by atoms with Crippen LogP contribution in [0.1, 0.15) is 26.7 Å². The van der Waals surface area contributed by atoms with Gasteiger partial charge in [-0.05, 0) is 23.3 Å². The second kappa shape index (κ2) is 5.29. The zero-order valence-corrected chi connectivity index (χ0v) is 10.7. The van der Waals surface area contributed by atoms with Crippen molar-refractivity contribution in [1.82, 2.24) is 20.2 Å². The highest BCUT2D eigenvalue weighted by Gasteiger charge is 2.20. The Kier molecular flexibility index (Phi) is 4.28. The van der Waals surface area contributed by atoms with Crippen molar-refractivity contribution < 1.29 is 0 Å². The summed E-state index contributed by atoms with van der Waals surface area (Å²) in [5.74, 6) is 1.18. The molecule has 90 valence electrons. The molecule has 3 N–H and O–H groups in total. The number of hydrogen-bond acceptors (Lipinski definition) is 5. The first kappa shape index (κ1) is 13.0. The molecule has 1 aromatic rings. The molecule has 16 heavy (non-hydrogen) atoms. The molecule has 0 aliphatic rings. The maximum atomic E-state index is 7.44. The molecule has 0 radical (unpaired) electrons. The van der Waals surface area contributed by atoms with Gasteiger partial charge in [0.1, 0.15) is 0 Å². The lowest BCUT2D eigenvalue weighted by molar-refractivity contribution is 0.464. The third kappa shape index (κ3) is 3.48. The Hall–Kier alpha value is -1.11. The number of nitrogens with one attached hydrogen (secondary N) is 1. The quantitative estimate of drug-likeness (QED) is 0.336. The average molecular weight is 242 g/mol. The predicted molar refractivity (Wildman–Crippen MR) is 64.5 cm³/mol. The maximum Gasteiger partial charge on any atom is 0.209 e. The Balaban J connectivity index is 2.27. The molecule has 1 heterocycles. The van der Waals surface area contributed by atoms with Crippen LogP contribution in [-0.2, 0) is 7.05 Å². The molecule has 0 amide bonds. The predicted octanol–water partition coefficient (Wildman–Crippen LogP) is 1.04. The highest BCUT2D eigenvalue weighted by Crippen LogP contribution is 2.24. The Bertz CT molecular complexity index is 359. The highest BCUT2D eigenvalue weighted by atomic mass is 32.2. The molecule has 0 bridgehead atoms. The molecule has 0 aromatic carbocycles. The lowest BCUT2D eigenvalue weighted by atomic mass is 9.87. The second-order valence-electron chi connectivity index (χ2n) is 4.33. The van der Waals surface area contributed by atoms with Crippen LogP contribution in [0.5, 0.6) is 0 Å². The fourth-order valence-corrected chi connectivity index (χ4v) is 1.94. The van der Waals surface area contributed by atoms with Crippen LogP contribution in [-0.4, -0.2) is 31.8 Å². The third-order valence-electron chi connectivity index (χ3n) is 2.49. The fourth-order valence-electron chi connectivity index (χ4n) is 1.16. The van der Waals surface area contributed by atoms with E-state index in [9.17, 15) is 0 Å². The Morgan fingerprint density at radius 2 is 2.25 bits per heavy atom. The second-order valence-corrected chi connectivity index (χ2v) is 5.40. The molecule has 0 aliphatic heterocycles. The molecule has 0 aliphatic carbocycles. The van der Waals surface area contributed by atoms with E-state index in [-0.39, 0.29) is 11.3 Å². The van der Waals surface area contributed by atoms with Crippen LogP contribution < -0.4 is 5.73 Å². The summed E-state index contributed by atoms with van der Waals surface area (Å²) in [6.45, 7) is 3.98. The first-order valence-corrected chi connectivity index (χ1v) is 6.12. The van der Waals surface area contributed by atoms with Crippen molar-refractivity contribution >= 4 is 17.6 Å².